The van der Waals surface area contributed by atoms with Crippen molar-refractivity contribution in [2.24, 2.45) is 0 Å². The molecule has 0 aliphatic carbocycles. The van der Waals surface area contributed by atoms with E-state index in [4.69, 9.17) is 81.2 Å². The molecule has 6 N–H and O–H groups in total. The van der Waals surface area contributed by atoms with Crippen molar-refractivity contribution in [1.29, 1.82) is 0 Å². The van der Waals surface area contributed by atoms with Crippen LogP contribution in [0.15, 0.2) is 24.3 Å². The molecule has 87 heavy (non-hydrogen) atoms. The first kappa shape index (κ1) is 97.6. The number of allylic oxidation sites excluding steroid dienone is 1. The van der Waals surface area contributed by atoms with Crippen LogP contribution in [0.3, 0.4) is 0 Å². The van der Waals surface area contributed by atoms with Gasteiger partial charge < -0.3 is 85.1 Å². The topological polar surface area (TPSA) is 291 Å². The molecule has 0 aromatic heterocycles. The second-order valence-electron chi connectivity index (χ2n) is 22.7. The van der Waals surface area contributed by atoms with E-state index in [1.54, 1.807) is 58.3 Å². The number of carbonyl (C=O) groups excluding carboxylic acids is 6. The number of amides is 4. The van der Waals surface area contributed by atoms with Gasteiger partial charge in [-0.3, -0.25) is 9.59 Å². The van der Waals surface area contributed by atoms with Crippen LogP contribution in [0.25, 0.3) is 0 Å². The Hall–Kier alpha value is -3.03. The first-order valence-electron chi connectivity index (χ1n) is 27.8. The average molecular weight is 1310 g/mol. The van der Waals surface area contributed by atoms with Crippen molar-refractivity contribution in [2.45, 2.75) is 170 Å². The molecular formula is C57H109BCl2F3N5NaO18. The molecule has 4 heterocycles. The third kappa shape index (κ3) is 71.9. The molecule has 3 radical (unpaired) electrons. The summed E-state index contributed by atoms with van der Waals surface area (Å²) in [6, 6.07) is 0. The summed E-state index contributed by atoms with van der Waals surface area (Å²) in [6.45, 7) is 39.9. The summed E-state index contributed by atoms with van der Waals surface area (Å²) in [5.74, 6) is 0.859. The van der Waals surface area contributed by atoms with E-state index in [1.807, 2.05) is 41.5 Å². The minimum absolute atomic E-state index is 0. The van der Waals surface area contributed by atoms with Crippen molar-refractivity contribution in [3.63, 3.8) is 0 Å². The number of nitrogens with zero attached hydrogens (tertiary/aromatic N) is 3. The smallest absolute Gasteiger partial charge is 1.00 e. The summed E-state index contributed by atoms with van der Waals surface area (Å²) in [7, 11) is 0. The quantitative estimate of drug-likeness (QED) is 0.0538. The van der Waals surface area contributed by atoms with Gasteiger partial charge in [0.05, 0.1) is 45.1 Å². The van der Waals surface area contributed by atoms with E-state index in [0.29, 0.717) is 90.5 Å². The van der Waals surface area contributed by atoms with Crippen molar-refractivity contribution in [3.05, 3.63) is 24.3 Å². The van der Waals surface area contributed by atoms with Gasteiger partial charge >= 0.3 is 60.1 Å². The van der Waals surface area contributed by atoms with Crippen LogP contribution in [0.4, 0.5) is 32.3 Å². The SMILES string of the molecule is C.C=C(CCl)CCl.C=C1COCCCN(C(=O)OC(C)(C)C)C1.CC(C)(C)OC(=O)N1CCCOCC(=O)C1.CC(C)(C)OC(=O)N1CCCOCC(O)C1.CC(C)(C)OC(=O)NCCCO.CCO.O=CC(F)(F)F.OC1CNCCCOC1.[B].[H-].[Na+]. The minimum Gasteiger partial charge on any atom is -1.00 e. The minimum atomic E-state index is -4.64. The number of alkyl halides is 5. The Labute approximate surface area is 553 Å². The molecule has 0 saturated carbocycles. The summed E-state index contributed by atoms with van der Waals surface area (Å²) in [5.41, 5.74) is -0.149. The number of aliphatic hydroxyl groups is 4. The number of rotatable bonds is 5. The van der Waals surface area contributed by atoms with Gasteiger partial charge in [-0.2, -0.15) is 13.2 Å². The van der Waals surface area contributed by atoms with Crippen molar-refractivity contribution in [2.75, 3.05) is 137 Å². The van der Waals surface area contributed by atoms with Gasteiger partial charge in [0.1, 0.15) is 29.0 Å². The Kier molecular flexibility index (Phi) is 62.6. The number of alkyl carbamates (subject to hydrolysis) is 1. The van der Waals surface area contributed by atoms with Crippen molar-refractivity contribution in [3.8, 4) is 0 Å². The predicted molar refractivity (Wildman–Crippen MR) is 329 cm³/mol. The molecule has 0 bridgehead atoms. The van der Waals surface area contributed by atoms with Crippen LogP contribution in [-0.4, -0.2) is 258 Å². The molecule has 23 nitrogen and oxygen atoms in total. The maximum absolute atomic E-state index is 11.8. The number of hydrogen-bond acceptors (Lipinski definition) is 19. The summed E-state index contributed by atoms with van der Waals surface area (Å²) < 4.78 is 72.7. The molecule has 0 aromatic rings. The van der Waals surface area contributed by atoms with Gasteiger partial charge in [0.2, 0.25) is 6.29 Å². The number of carbonyl (C=O) groups is 6. The van der Waals surface area contributed by atoms with Gasteiger partial charge in [-0.05, 0) is 140 Å². The molecular weight excluding hydrogens is 1200 g/mol. The van der Waals surface area contributed by atoms with Crippen LogP contribution < -0.4 is 40.2 Å². The van der Waals surface area contributed by atoms with Gasteiger partial charge in [-0.25, -0.2) is 19.2 Å². The fourth-order valence-electron chi connectivity index (χ4n) is 5.75. The maximum Gasteiger partial charge on any atom is 1.00 e. The predicted octanol–water partition coefficient (Wildman–Crippen LogP) is 4.81. The Balaban J connectivity index is -0.000000143. The van der Waals surface area contributed by atoms with Gasteiger partial charge in [0.15, 0.2) is 5.78 Å². The van der Waals surface area contributed by atoms with E-state index in [0.717, 1.165) is 50.0 Å². The third-order valence-corrected chi connectivity index (χ3v) is 9.80. The van der Waals surface area contributed by atoms with E-state index < -0.39 is 53.2 Å². The first-order chi connectivity index (χ1) is 38.8. The second-order valence-corrected chi connectivity index (χ2v) is 23.2. The summed E-state index contributed by atoms with van der Waals surface area (Å²) >= 11 is 10.5. The standard InChI is InChI=1S/C12H21NO3.C11H21NO4.C11H19NO4.C8H17NO3.C6H13NO2.C4H6Cl2.C2HF3O.C2H6O.CH4.B.Na.H/c1-10-8-13(6-5-7-15-9-10)11(14)16-12(2,3)4;2*1-11(2,3)16-10(14)12-5-4-6-15-8-9(13)7-12;1-8(2,3)12-7(11)9-5-4-6-10;8-6-4-7-2-1-3-9-5-6;1-4(2-5)3-6;3-2(4,5)1-6;1-2-3;;;;/h1,5-9H2,2-4H3;9,13H,4-8H2,1-3H3;4-8H2,1-3H3;10H,4-6H2,1-3H3,(H,9,11);6-8H,1-5H2;1-3H2;1H;3H,2H2,1H3;1H4;;;/q;;;;;;;;;;+1;-1. The van der Waals surface area contributed by atoms with Crippen molar-refractivity contribution >= 4 is 68.1 Å². The molecule has 4 saturated heterocycles. The van der Waals surface area contributed by atoms with Crippen LogP contribution in [-0.2, 0) is 47.5 Å². The Bertz CT molecular complexity index is 1750. The number of aliphatic hydroxyl groups excluding tert-OH is 4. The number of aldehydes is 1. The monoisotopic (exact) mass is 1310 g/mol. The molecule has 4 fully saturated rings. The number of ether oxygens (including phenoxy) is 8. The molecule has 4 rings (SSSR count). The largest absolute Gasteiger partial charge is 1.00 e. The fourth-order valence-corrected chi connectivity index (χ4v) is 6.03. The van der Waals surface area contributed by atoms with Gasteiger partial charge in [0, 0.05) is 99.1 Å². The van der Waals surface area contributed by atoms with E-state index in [-0.39, 0.29) is 110 Å². The number of halogens is 5. The summed E-state index contributed by atoms with van der Waals surface area (Å²) in [6.07, 6.45) is -4.20. The van der Waals surface area contributed by atoms with E-state index in [2.05, 4.69) is 23.8 Å². The molecule has 30 heteroatoms. The average Bonchev–Trinajstić information content (AvgIpc) is 3.34. The van der Waals surface area contributed by atoms with Gasteiger partial charge in [0.25, 0.3) is 0 Å². The summed E-state index contributed by atoms with van der Waals surface area (Å²) in [4.78, 5) is 71.0. The molecule has 2 unspecified atom stereocenters. The Morgan fingerprint density at radius 3 is 1.48 bits per heavy atom. The number of ketones is 1. The third-order valence-electron chi connectivity index (χ3n) is 9.04. The van der Waals surface area contributed by atoms with E-state index >= 15 is 0 Å². The van der Waals surface area contributed by atoms with Gasteiger partial charge in [-0.15, -0.1) is 23.2 Å². The van der Waals surface area contributed by atoms with Crippen LogP contribution in [0.2, 0.25) is 0 Å². The zero-order valence-electron chi connectivity index (χ0n) is 54.8. The fraction of sp³-hybridized carbons (Fsp3) is 0.825. The molecule has 4 amide bonds. The zero-order chi connectivity index (χ0) is 65.6. The number of β-amino-alcohol motifs (C(OH)–C–C–N with tert-alkyl or cyclic N) is 2. The molecule has 4 aliphatic rings. The number of Topliss-reactive ketones (excluding diaryl/α,β-unsaturated/α-hetero) is 1. The Morgan fingerprint density at radius 1 is 0.701 bits per heavy atom. The van der Waals surface area contributed by atoms with Crippen LogP contribution in [0.5, 0.6) is 0 Å². The van der Waals surface area contributed by atoms with Crippen LogP contribution >= 0.6 is 23.2 Å². The molecule has 2 atom stereocenters. The molecule has 0 aromatic carbocycles. The van der Waals surface area contributed by atoms with Crippen LogP contribution in [0, 0.1) is 0 Å². The first-order valence-corrected chi connectivity index (χ1v) is 28.9. The van der Waals surface area contributed by atoms with Crippen molar-refractivity contribution < 1.29 is 131 Å². The maximum atomic E-state index is 11.8. The van der Waals surface area contributed by atoms with E-state index in [9.17, 15) is 42.3 Å². The normalized spacial score (nSPS) is 17.6. The summed E-state index contributed by atoms with van der Waals surface area (Å²) in [5, 5.41) is 40.2. The molecule has 509 valence electrons. The zero-order valence-corrected chi connectivity index (χ0v) is 57.4. The van der Waals surface area contributed by atoms with E-state index in [1.165, 1.54) is 4.90 Å². The molecule has 4 aliphatic heterocycles. The number of hydrogen-bond donors (Lipinski definition) is 6. The second kappa shape index (κ2) is 55.8. The van der Waals surface area contributed by atoms with Crippen molar-refractivity contribution in [1.82, 2.24) is 25.3 Å². The van der Waals surface area contributed by atoms with Gasteiger partial charge in [-0.1, -0.05) is 20.6 Å². The molecule has 0 spiro atoms. The van der Waals surface area contributed by atoms with Crippen LogP contribution in [0.1, 0.15) is 131 Å². The number of nitrogens with one attached hydrogen (secondary N) is 2. The Morgan fingerprint density at radius 2 is 1.08 bits per heavy atom.